The Morgan fingerprint density at radius 1 is 1.30 bits per heavy atom. The van der Waals surface area contributed by atoms with E-state index in [1.54, 1.807) is 30.9 Å². The first-order valence-corrected chi connectivity index (χ1v) is 10.4. The van der Waals surface area contributed by atoms with Crippen LogP contribution < -0.4 is 15.4 Å². The van der Waals surface area contributed by atoms with Gasteiger partial charge in [0.2, 0.25) is 5.95 Å². The Kier molecular flexibility index (Phi) is 4.67. The number of nitrogen functional groups attached to an aromatic ring is 1. The van der Waals surface area contributed by atoms with Crippen LogP contribution in [0.3, 0.4) is 0 Å². The molecule has 3 aromatic heterocycles. The molecule has 0 aliphatic carbocycles. The fourth-order valence-corrected chi connectivity index (χ4v) is 4.15. The van der Waals surface area contributed by atoms with Gasteiger partial charge in [0.15, 0.2) is 28.7 Å². The maximum Gasteiger partial charge on any atom is 0.223 e. The summed E-state index contributed by atoms with van der Waals surface area (Å²) in [5, 5.41) is 18.9. The molecule has 0 spiro atoms. The normalized spacial score (nSPS) is 19.2. The molecule has 0 amide bonds. The zero-order chi connectivity index (χ0) is 23.5. The molecule has 4 aromatic rings. The molecule has 5 rings (SSSR count). The Morgan fingerprint density at radius 3 is 2.82 bits per heavy atom. The Labute approximate surface area is 187 Å². The second kappa shape index (κ2) is 7.24. The average molecular weight is 458 g/mol. The van der Waals surface area contributed by atoms with Gasteiger partial charge in [-0.2, -0.15) is 9.61 Å². The molecule has 0 saturated carbocycles. The van der Waals surface area contributed by atoms with Gasteiger partial charge >= 0.3 is 0 Å². The van der Waals surface area contributed by atoms with Crippen molar-refractivity contribution in [3.8, 4) is 5.75 Å². The lowest BCUT2D eigenvalue weighted by Gasteiger charge is -2.19. The van der Waals surface area contributed by atoms with E-state index in [2.05, 4.69) is 20.2 Å². The fraction of sp³-hybridized carbons (Fsp3) is 0.429. The second-order valence-electron chi connectivity index (χ2n) is 8.99. The molecule has 1 fully saturated rings. The molecular formula is C21H24F2N8O2. The largest absolute Gasteiger partial charge is 0.494 e. The molecule has 0 radical (unpaired) electrons. The van der Waals surface area contributed by atoms with Gasteiger partial charge in [-0.25, -0.2) is 18.7 Å². The van der Waals surface area contributed by atoms with Gasteiger partial charge < -0.3 is 20.5 Å². The van der Waals surface area contributed by atoms with Gasteiger partial charge in [0, 0.05) is 30.6 Å². The summed E-state index contributed by atoms with van der Waals surface area (Å²) in [7, 11) is 1.36. The first-order valence-electron chi connectivity index (χ1n) is 10.4. The van der Waals surface area contributed by atoms with Crippen LogP contribution in [0.15, 0.2) is 24.5 Å². The first-order chi connectivity index (χ1) is 15.6. The summed E-state index contributed by atoms with van der Waals surface area (Å²) < 4.78 is 38.2. The van der Waals surface area contributed by atoms with Crippen molar-refractivity contribution in [2.45, 2.75) is 38.1 Å². The van der Waals surface area contributed by atoms with Crippen molar-refractivity contribution in [2.75, 3.05) is 30.8 Å². The maximum absolute atomic E-state index is 16.0. The molecule has 1 aliphatic heterocycles. The Hall–Kier alpha value is -3.54. The van der Waals surface area contributed by atoms with Crippen molar-refractivity contribution in [3.63, 3.8) is 0 Å². The van der Waals surface area contributed by atoms with Crippen molar-refractivity contribution >= 4 is 28.2 Å². The van der Waals surface area contributed by atoms with Gasteiger partial charge in [-0.3, -0.25) is 4.68 Å². The van der Waals surface area contributed by atoms with Crippen LogP contribution in [0.5, 0.6) is 5.75 Å². The van der Waals surface area contributed by atoms with Crippen molar-refractivity contribution < 1.29 is 18.6 Å². The number of hydrogen-bond acceptors (Lipinski definition) is 8. The van der Waals surface area contributed by atoms with Crippen LogP contribution in [0.1, 0.15) is 26.1 Å². The summed E-state index contributed by atoms with van der Waals surface area (Å²) in [5.41, 5.74) is 4.61. The van der Waals surface area contributed by atoms with E-state index in [4.69, 9.17) is 10.5 Å². The van der Waals surface area contributed by atoms with E-state index in [-0.39, 0.29) is 36.1 Å². The number of halogens is 2. The number of anilines is 2. The monoisotopic (exact) mass is 458 g/mol. The van der Waals surface area contributed by atoms with E-state index >= 15 is 4.39 Å². The second-order valence-corrected chi connectivity index (χ2v) is 8.99. The van der Waals surface area contributed by atoms with Gasteiger partial charge in [0.05, 0.1) is 43.2 Å². The molecule has 33 heavy (non-hydrogen) atoms. The standard InChI is InChI=1S/C21H24F2N8O2/c1-20(2,32)10-30-9-12(8-25-30)29-5-4-21(23,11-29)18-27-17-13-6-14(22)16(33-3)7-15(13)26-19(24)31(17)28-18/h6-9,32H,4-5,10-11H2,1-3H3,(H2,24,26)/t21-/m0/s1. The molecule has 10 nitrogen and oxygen atoms in total. The predicted molar refractivity (Wildman–Crippen MR) is 117 cm³/mol. The highest BCUT2D eigenvalue weighted by atomic mass is 19.1. The van der Waals surface area contributed by atoms with Crippen LogP contribution in [0.2, 0.25) is 0 Å². The lowest BCUT2D eigenvalue weighted by atomic mass is 10.1. The summed E-state index contributed by atoms with van der Waals surface area (Å²) in [4.78, 5) is 10.5. The highest BCUT2D eigenvalue weighted by molar-refractivity contribution is 5.93. The van der Waals surface area contributed by atoms with Crippen molar-refractivity contribution in [3.05, 3.63) is 36.2 Å². The van der Waals surface area contributed by atoms with Gasteiger partial charge in [-0.05, 0) is 19.9 Å². The van der Waals surface area contributed by atoms with Crippen LogP contribution in [0.25, 0.3) is 16.6 Å². The lowest BCUT2D eigenvalue weighted by Crippen LogP contribution is -2.28. The smallest absolute Gasteiger partial charge is 0.223 e. The topological polar surface area (TPSA) is 120 Å². The molecule has 1 aliphatic rings. The van der Waals surface area contributed by atoms with Crippen molar-refractivity contribution in [2.24, 2.45) is 0 Å². The van der Waals surface area contributed by atoms with Crippen LogP contribution in [-0.4, -0.2) is 60.3 Å². The van der Waals surface area contributed by atoms with E-state index in [0.29, 0.717) is 24.0 Å². The van der Waals surface area contributed by atoms with E-state index < -0.39 is 17.1 Å². The Balaban J connectivity index is 1.48. The molecular weight excluding hydrogens is 434 g/mol. The van der Waals surface area contributed by atoms with Gasteiger partial charge in [0.1, 0.15) is 0 Å². The molecule has 3 N–H and O–H groups in total. The van der Waals surface area contributed by atoms with Crippen LogP contribution >= 0.6 is 0 Å². The van der Waals surface area contributed by atoms with Gasteiger partial charge in [-0.1, -0.05) is 0 Å². The first kappa shape index (κ1) is 21.3. The van der Waals surface area contributed by atoms with E-state index in [1.807, 2.05) is 4.90 Å². The summed E-state index contributed by atoms with van der Waals surface area (Å²) >= 11 is 0. The molecule has 12 heteroatoms. The minimum absolute atomic E-state index is 0.0104. The molecule has 1 saturated heterocycles. The number of hydrogen-bond donors (Lipinski definition) is 2. The van der Waals surface area contributed by atoms with Crippen molar-refractivity contribution in [1.29, 1.82) is 0 Å². The third-order valence-electron chi connectivity index (χ3n) is 5.72. The Morgan fingerprint density at radius 2 is 2.09 bits per heavy atom. The Bertz CT molecular complexity index is 1360. The summed E-state index contributed by atoms with van der Waals surface area (Å²) in [6, 6.07) is 2.65. The number of ether oxygens (including phenoxy) is 1. The van der Waals surface area contributed by atoms with Crippen molar-refractivity contribution in [1.82, 2.24) is 29.4 Å². The number of rotatable bonds is 5. The molecule has 1 aromatic carbocycles. The molecule has 0 unspecified atom stereocenters. The highest BCUT2D eigenvalue weighted by Gasteiger charge is 2.44. The summed E-state index contributed by atoms with van der Waals surface area (Å²) in [6.07, 6.45) is 3.57. The molecule has 4 heterocycles. The van der Waals surface area contributed by atoms with E-state index in [0.717, 1.165) is 5.69 Å². The molecule has 174 valence electrons. The van der Waals surface area contributed by atoms with Gasteiger partial charge in [-0.15, -0.1) is 5.10 Å². The molecule has 0 bridgehead atoms. The third kappa shape index (κ3) is 3.69. The zero-order valence-electron chi connectivity index (χ0n) is 18.5. The number of nitrogens with two attached hydrogens (primary N) is 1. The fourth-order valence-electron chi connectivity index (χ4n) is 4.15. The van der Waals surface area contributed by atoms with Crippen LogP contribution in [-0.2, 0) is 12.2 Å². The number of benzene rings is 1. The number of aromatic nitrogens is 6. The zero-order valence-corrected chi connectivity index (χ0v) is 18.5. The SMILES string of the molecule is COc1cc2nc(N)n3nc([C@]4(F)CCN(c5cnn(CC(C)(C)O)c5)C4)nc3c2cc1F. The molecule has 1 atom stereocenters. The van der Waals surface area contributed by atoms with E-state index in [9.17, 15) is 9.50 Å². The van der Waals surface area contributed by atoms with Crippen LogP contribution in [0, 0.1) is 5.82 Å². The maximum atomic E-state index is 16.0. The average Bonchev–Trinajstić information content (AvgIpc) is 3.46. The highest BCUT2D eigenvalue weighted by Crippen LogP contribution is 2.37. The predicted octanol–water partition coefficient (Wildman–Crippen LogP) is 2.05. The minimum atomic E-state index is -1.84. The third-order valence-corrected chi connectivity index (χ3v) is 5.72. The summed E-state index contributed by atoms with van der Waals surface area (Å²) in [6.45, 7) is 4.15. The number of aliphatic hydroxyl groups is 1. The number of methoxy groups -OCH3 is 1. The van der Waals surface area contributed by atoms with Crippen LogP contribution in [0.4, 0.5) is 20.4 Å². The summed E-state index contributed by atoms with van der Waals surface area (Å²) in [5.74, 6) is -0.590. The quantitative estimate of drug-likeness (QED) is 0.466. The van der Waals surface area contributed by atoms with Gasteiger partial charge in [0.25, 0.3) is 0 Å². The minimum Gasteiger partial charge on any atom is -0.494 e. The number of alkyl halides is 1. The number of nitrogens with zero attached hydrogens (tertiary/aromatic N) is 7. The van der Waals surface area contributed by atoms with E-state index in [1.165, 1.54) is 23.8 Å². The number of fused-ring (bicyclic) bond motifs is 3. The lowest BCUT2D eigenvalue weighted by molar-refractivity contribution is 0.0577.